The summed E-state index contributed by atoms with van der Waals surface area (Å²) in [6.07, 6.45) is 10.1. The fourth-order valence-corrected chi connectivity index (χ4v) is 6.28. The van der Waals surface area contributed by atoms with Crippen LogP contribution in [0.15, 0.2) is 59.9 Å². The maximum atomic E-state index is 12.9. The summed E-state index contributed by atoms with van der Waals surface area (Å²) in [5.41, 5.74) is 10.3. The number of nitrogens with two attached hydrogens (primary N) is 1. The van der Waals surface area contributed by atoms with E-state index in [1.54, 1.807) is 24.5 Å². The predicted molar refractivity (Wildman–Crippen MR) is 176 cm³/mol. The van der Waals surface area contributed by atoms with E-state index in [2.05, 4.69) is 15.3 Å². The molecule has 0 bridgehead atoms. The first-order valence-corrected chi connectivity index (χ1v) is 16.2. The molecule has 3 aliphatic rings. The molecule has 4 heterocycles. The number of amides is 4. The quantitative estimate of drug-likeness (QED) is 0.184. The van der Waals surface area contributed by atoms with Crippen LogP contribution in [0, 0.1) is 0 Å². The molecule has 1 atom stereocenters. The number of hydrogen-bond donors (Lipinski definition) is 2. The summed E-state index contributed by atoms with van der Waals surface area (Å²) in [4.78, 5) is 66.7. The smallest absolute Gasteiger partial charge is 0.255 e. The summed E-state index contributed by atoms with van der Waals surface area (Å²) in [6, 6.07) is 12.5. The molecular formula is C35H39N7O5. The van der Waals surface area contributed by atoms with Gasteiger partial charge in [-0.1, -0.05) is 12.1 Å². The standard InChI is InChI=1S/C35H39N7O5/c36-19-24(30-21-38-28-6-3-4-7-29(28)39-30)20-37-25-13-15-41(16-14-25)33(44)8-2-1-5-17-47-26-9-10-27-23(18-26)22-42(35(27)46)31-11-12-32(43)40-34(31)45/h3-4,6-7,9-10,18-21,25,31H,1-2,5,8,11-17,22,36H2,(H,40,43,45). The van der Waals surface area contributed by atoms with Gasteiger partial charge in [0.2, 0.25) is 17.7 Å². The van der Waals surface area contributed by atoms with Gasteiger partial charge in [0.25, 0.3) is 5.91 Å². The summed E-state index contributed by atoms with van der Waals surface area (Å²) in [5.74, 6) is -0.0850. The number of piperidine rings is 2. The van der Waals surface area contributed by atoms with Gasteiger partial charge in [0.1, 0.15) is 11.8 Å². The molecule has 1 aromatic heterocycles. The number of aliphatic imine (C=N–C) groups is 1. The zero-order valence-corrected chi connectivity index (χ0v) is 26.3. The molecule has 6 rings (SSSR count). The van der Waals surface area contributed by atoms with Gasteiger partial charge in [-0.2, -0.15) is 0 Å². The number of fused-ring (bicyclic) bond motifs is 2. The summed E-state index contributed by atoms with van der Waals surface area (Å²) in [7, 11) is 0. The van der Waals surface area contributed by atoms with E-state index in [-0.39, 0.29) is 30.2 Å². The molecule has 0 saturated carbocycles. The van der Waals surface area contributed by atoms with E-state index < -0.39 is 11.9 Å². The molecule has 3 aliphatic heterocycles. The van der Waals surface area contributed by atoms with E-state index in [9.17, 15) is 19.2 Å². The molecule has 2 fully saturated rings. The molecule has 2 saturated heterocycles. The molecule has 47 heavy (non-hydrogen) atoms. The number of nitrogens with one attached hydrogen (secondary N) is 1. The normalized spacial score (nSPS) is 19.0. The molecular weight excluding hydrogens is 598 g/mol. The van der Waals surface area contributed by atoms with Gasteiger partial charge in [-0.05, 0) is 74.4 Å². The summed E-state index contributed by atoms with van der Waals surface area (Å²) in [5, 5.41) is 2.32. The number of likely N-dealkylation sites (tertiary alicyclic amines) is 1. The van der Waals surface area contributed by atoms with Crippen molar-refractivity contribution < 1.29 is 23.9 Å². The van der Waals surface area contributed by atoms with Crippen molar-refractivity contribution in [3.8, 4) is 5.75 Å². The lowest BCUT2D eigenvalue weighted by atomic mass is 10.0. The lowest BCUT2D eigenvalue weighted by molar-refractivity contribution is -0.137. The van der Waals surface area contributed by atoms with Gasteiger partial charge in [0, 0.05) is 56.0 Å². The Hall–Kier alpha value is -5.13. The number of rotatable bonds is 11. The van der Waals surface area contributed by atoms with Crippen LogP contribution in [0.3, 0.4) is 0 Å². The number of imide groups is 1. The van der Waals surface area contributed by atoms with Crippen molar-refractivity contribution in [1.29, 1.82) is 0 Å². The van der Waals surface area contributed by atoms with Crippen molar-refractivity contribution in [2.24, 2.45) is 10.7 Å². The Morgan fingerprint density at radius 1 is 1.04 bits per heavy atom. The van der Waals surface area contributed by atoms with Crippen LogP contribution >= 0.6 is 0 Å². The average Bonchev–Trinajstić information content (AvgIpc) is 3.41. The van der Waals surface area contributed by atoms with Crippen molar-refractivity contribution in [2.75, 3.05) is 19.7 Å². The number of aromatic nitrogens is 2. The van der Waals surface area contributed by atoms with Crippen LogP contribution in [-0.4, -0.2) is 81.4 Å². The molecule has 0 radical (unpaired) electrons. The largest absolute Gasteiger partial charge is 0.494 e. The third-order valence-electron chi connectivity index (χ3n) is 8.96. The van der Waals surface area contributed by atoms with Crippen molar-refractivity contribution in [3.63, 3.8) is 0 Å². The fourth-order valence-electron chi connectivity index (χ4n) is 6.28. The molecule has 244 valence electrons. The number of nitrogens with zero attached hydrogens (tertiary/aromatic N) is 5. The minimum Gasteiger partial charge on any atom is -0.494 e. The molecule has 4 amide bonds. The van der Waals surface area contributed by atoms with E-state index in [0.717, 1.165) is 48.7 Å². The minimum absolute atomic E-state index is 0.123. The van der Waals surface area contributed by atoms with Crippen LogP contribution in [0.2, 0.25) is 0 Å². The SMILES string of the molecule is NC=C(C=NC1CCN(C(=O)CCCCCOc2ccc3c(c2)CN(C2CCC(=O)NC2=O)C3=O)CC1)c1cnc2ccccc2n1. The van der Waals surface area contributed by atoms with Gasteiger partial charge < -0.3 is 20.3 Å². The van der Waals surface area contributed by atoms with Crippen LogP contribution in [0.5, 0.6) is 5.75 Å². The highest BCUT2D eigenvalue weighted by atomic mass is 16.5. The van der Waals surface area contributed by atoms with Gasteiger partial charge in [0.05, 0.1) is 35.6 Å². The number of unbranched alkanes of at least 4 members (excludes halogenated alkanes) is 2. The monoisotopic (exact) mass is 637 g/mol. The molecule has 12 heteroatoms. The average molecular weight is 638 g/mol. The highest BCUT2D eigenvalue weighted by Gasteiger charge is 2.39. The summed E-state index contributed by atoms with van der Waals surface area (Å²) >= 11 is 0. The van der Waals surface area contributed by atoms with Crippen LogP contribution in [-0.2, 0) is 20.9 Å². The number of benzene rings is 2. The van der Waals surface area contributed by atoms with Gasteiger partial charge in [-0.25, -0.2) is 4.98 Å². The van der Waals surface area contributed by atoms with Gasteiger partial charge in [0.15, 0.2) is 0 Å². The number of allylic oxidation sites excluding steroid dienone is 1. The van der Waals surface area contributed by atoms with Crippen molar-refractivity contribution in [3.05, 3.63) is 71.7 Å². The van der Waals surface area contributed by atoms with Crippen LogP contribution in [0.1, 0.15) is 73.0 Å². The van der Waals surface area contributed by atoms with Gasteiger partial charge >= 0.3 is 0 Å². The third-order valence-corrected chi connectivity index (χ3v) is 8.96. The fraction of sp³-hybridized carbons (Fsp3) is 0.400. The maximum Gasteiger partial charge on any atom is 0.255 e. The zero-order chi connectivity index (χ0) is 32.8. The number of hydrogen-bond acceptors (Lipinski definition) is 9. The van der Waals surface area contributed by atoms with Crippen LogP contribution in [0.25, 0.3) is 16.6 Å². The second-order valence-corrected chi connectivity index (χ2v) is 12.1. The molecule has 12 nitrogen and oxygen atoms in total. The Balaban J connectivity index is 0.878. The molecule has 0 spiro atoms. The lowest BCUT2D eigenvalue weighted by Gasteiger charge is -2.30. The highest BCUT2D eigenvalue weighted by Crippen LogP contribution is 2.30. The van der Waals surface area contributed by atoms with Crippen molar-refractivity contribution in [2.45, 2.75) is 70.0 Å². The van der Waals surface area contributed by atoms with Gasteiger partial charge in [-0.15, -0.1) is 0 Å². The second-order valence-electron chi connectivity index (χ2n) is 12.1. The molecule has 0 aliphatic carbocycles. The Bertz CT molecular complexity index is 1730. The molecule has 1 unspecified atom stereocenters. The molecule has 3 N–H and O–H groups in total. The van der Waals surface area contributed by atoms with Crippen molar-refractivity contribution >= 4 is 46.4 Å². The maximum absolute atomic E-state index is 12.9. The minimum atomic E-state index is -0.635. The first kappa shape index (κ1) is 31.8. The van der Waals surface area contributed by atoms with Gasteiger partial charge in [-0.3, -0.25) is 34.5 Å². The Labute approximate surface area is 273 Å². The van der Waals surface area contributed by atoms with Crippen LogP contribution in [0.4, 0.5) is 0 Å². The lowest BCUT2D eigenvalue weighted by Crippen LogP contribution is -2.52. The van der Waals surface area contributed by atoms with Crippen molar-refractivity contribution in [1.82, 2.24) is 25.1 Å². The second kappa shape index (κ2) is 14.5. The van der Waals surface area contributed by atoms with Crippen LogP contribution < -0.4 is 15.8 Å². The third kappa shape index (κ3) is 7.48. The Kier molecular flexibility index (Phi) is 9.84. The first-order chi connectivity index (χ1) is 22.9. The van der Waals surface area contributed by atoms with E-state index in [4.69, 9.17) is 15.5 Å². The zero-order valence-electron chi connectivity index (χ0n) is 26.3. The number of ether oxygens (including phenoxy) is 1. The Morgan fingerprint density at radius 2 is 1.85 bits per heavy atom. The predicted octanol–water partition coefficient (Wildman–Crippen LogP) is 3.39. The Morgan fingerprint density at radius 3 is 2.64 bits per heavy atom. The van der Waals surface area contributed by atoms with E-state index in [1.165, 1.54) is 11.1 Å². The van der Waals surface area contributed by atoms with E-state index in [0.29, 0.717) is 61.7 Å². The number of para-hydroxylation sites is 2. The highest BCUT2D eigenvalue weighted by molar-refractivity contribution is 6.09. The topological polar surface area (TPSA) is 160 Å². The van der Waals surface area contributed by atoms with E-state index in [1.807, 2.05) is 35.2 Å². The number of carbonyl (C=O) groups excluding carboxylic acids is 4. The van der Waals surface area contributed by atoms with E-state index >= 15 is 0 Å². The first-order valence-electron chi connectivity index (χ1n) is 16.2. The number of carbonyl (C=O) groups is 4. The molecule has 2 aromatic carbocycles. The molecule has 3 aromatic rings. The summed E-state index contributed by atoms with van der Waals surface area (Å²) in [6.45, 7) is 2.19. The summed E-state index contributed by atoms with van der Waals surface area (Å²) < 4.78 is 5.93.